The maximum atomic E-state index is 12.1. The summed E-state index contributed by atoms with van der Waals surface area (Å²) in [5, 5.41) is 2.79. The van der Waals surface area contributed by atoms with Gasteiger partial charge in [-0.25, -0.2) is 0 Å². The van der Waals surface area contributed by atoms with E-state index in [0.29, 0.717) is 5.75 Å². The Kier molecular flexibility index (Phi) is 5.04. The lowest BCUT2D eigenvalue weighted by Crippen LogP contribution is -2.52. The second-order valence-electron chi connectivity index (χ2n) is 4.68. The van der Waals surface area contributed by atoms with Crippen LogP contribution in [0.3, 0.4) is 0 Å². The molecule has 0 aromatic heterocycles. The largest absolute Gasteiger partial charge is 0.351 e. The van der Waals surface area contributed by atoms with Crippen LogP contribution >= 0.6 is 0 Å². The first-order valence-corrected chi connectivity index (χ1v) is 7.52. The van der Waals surface area contributed by atoms with Crippen molar-refractivity contribution in [2.24, 2.45) is 5.73 Å². The summed E-state index contributed by atoms with van der Waals surface area (Å²) < 4.78 is 11.1. The molecule has 100 valence electrons. The Morgan fingerprint density at radius 1 is 1.44 bits per heavy atom. The Balaban J connectivity index is 2.74. The Labute approximate surface area is 110 Å². The van der Waals surface area contributed by atoms with Crippen molar-refractivity contribution < 1.29 is 9.00 Å². The molecule has 3 N–H and O–H groups in total. The Morgan fingerprint density at radius 2 is 2.00 bits per heavy atom. The lowest BCUT2D eigenvalue weighted by Gasteiger charge is -2.26. The van der Waals surface area contributed by atoms with Crippen molar-refractivity contribution in [2.75, 3.05) is 12.0 Å². The van der Waals surface area contributed by atoms with E-state index >= 15 is 0 Å². The molecule has 0 saturated carbocycles. The molecule has 1 aromatic carbocycles. The minimum atomic E-state index is -1.08. The number of rotatable bonds is 5. The van der Waals surface area contributed by atoms with Crippen molar-refractivity contribution in [3.8, 4) is 0 Å². The molecule has 0 aliphatic rings. The first kappa shape index (κ1) is 14.9. The third-order valence-electron chi connectivity index (χ3n) is 2.71. The number of nitrogens with two attached hydrogens (primary N) is 1. The van der Waals surface area contributed by atoms with Gasteiger partial charge in [0, 0.05) is 28.9 Å². The summed E-state index contributed by atoms with van der Waals surface area (Å²) in [4.78, 5) is 12.1. The van der Waals surface area contributed by atoms with Crippen molar-refractivity contribution in [2.45, 2.75) is 25.4 Å². The third-order valence-corrected chi connectivity index (χ3v) is 3.68. The highest BCUT2D eigenvalue weighted by atomic mass is 32.2. The van der Waals surface area contributed by atoms with E-state index in [2.05, 4.69) is 5.32 Å². The quantitative estimate of drug-likeness (QED) is 0.827. The minimum Gasteiger partial charge on any atom is -0.351 e. The summed E-state index contributed by atoms with van der Waals surface area (Å²) in [5.74, 6) is 0.169. The highest BCUT2D eigenvalue weighted by Gasteiger charge is 2.31. The second-order valence-corrected chi connectivity index (χ2v) is 6.16. The van der Waals surface area contributed by atoms with Crippen LogP contribution in [0, 0.1) is 0 Å². The monoisotopic (exact) mass is 268 g/mol. The first-order chi connectivity index (χ1) is 8.34. The summed E-state index contributed by atoms with van der Waals surface area (Å²) in [6, 6.07) is 9.05. The molecule has 0 spiro atoms. The molecule has 0 radical (unpaired) electrons. The van der Waals surface area contributed by atoms with Gasteiger partial charge in [0.1, 0.15) is 5.54 Å². The standard InChI is InChI=1S/C13H20N2O2S/c1-10(9-18(3)17)15-12(16)13(2,14)11-7-5-4-6-8-11/h4-8,10H,9,14H2,1-3H3,(H,15,16). The van der Waals surface area contributed by atoms with Crippen molar-refractivity contribution in [3.63, 3.8) is 0 Å². The molecule has 4 nitrogen and oxygen atoms in total. The Hall–Kier alpha value is -1.20. The second kappa shape index (κ2) is 6.11. The Bertz CT molecular complexity index is 432. The number of carbonyl (C=O) groups excluding carboxylic acids is 1. The van der Waals surface area contributed by atoms with Gasteiger partial charge in [0.05, 0.1) is 0 Å². The fourth-order valence-corrected chi connectivity index (χ4v) is 2.47. The van der Waals surface area contributed by atoms with E-state index in [1.165, 1.54) is 0 Å². The zero-order valence-corrected chi connectivity index (χ0v) is 11.8. The van der Waals surface area contributed by atoms with Gasteiger partial charge >= 0.3 is 0 Å². The normalized spacial score (nSPS) is 17.6. The van der Waals surface area contributed by atoms with Crippen LogP contribution < -0.4 is 11.1 Å². The topological polar surface area (TPSA) is 72.2 Å². The number of nitrogens with one attached hydrogen (secondary N) is 1. The van der Waals surface area contributed by atoms with Gasteiger partial charge in [-0.1, -0.05) is 30.3 Å². The van der Waals surface area contributed by atoms with Crippen LogP contribution in [0.15, 0.2) is 30.3 Å². The molecule has 0 bridgehead atoms. The van der Waals surface area contributed by atoms with Crippen LogP contribution in [0.25, 0.3) is 0 Å². The maximum Gasteiger partial charge on any atom is 0.244 e. The lowest BCUT2D eigenvalue weighted by molar-refractivity contribution is -0.126. The maximum absolute atomic E-state index is 12.1. The summed E-state index contributed by atoms with van der Waals surface area (Å²) in [6.07, 6.45) is 1.61. The molecule has 5 heteroatoms. The SMILES string of the molecule is CC(CS(C)=O)NC(=O)C(C)(N)c1ccccc1. The van der Waals surface area contributed by atoms with Crippen LogP contribution in [0.4, 0.5) is 0 Å². The van der Waals surface area contributed by atoms with Crippen LogP contribution in [0.1, 0.15) is 19.4 Å². The zero-order chi connectivity index (χ0) is 13.8. The smallest absolute Gasteiger partial charge is 0.244 e. The van der Waals surface area contributed by atoms with Gasteiger partial charge in [0.2, 0.25) is 5.91 Å². The summed E-state index contributed by atoms with van der Waals surface area (Å²) in [5.41, 5.74) is 5.75. The van der Waals surface area contributed by atoms with Gasteiger partial charge in [0.25, 0.3) is 0 Å². The van der Waals surface area contributed by atoms with E-state index in [1.807, 2.05) is 37.3 Å². The first-order valence-electron chi connectivity index (χ1n) is 5.79. The molecule has 0 aliphatic heterocycles. The van der Waals surface area contributed by atoms with Gasteiger partial charge in [-0.2, -0.15) is 0 Å². The van der Waals surface area contributed by atoms with Crippen molar-refractivity contribution in [1.29, 1.82) is 0 Å². The summed E-state index contributed by atoms with van der Waals surface area (Å²) in [7, 11) is -0.939. The molecule has 0 saturated heterocycles. The van der Waals surface area contributed by atoms with Crippen LogP contribution in [0.5, 0.6) is 0 Å². The van der Waals surface area contributed by atoms with Gasteiger partial charge in [-0.3, -0.25) is 9.00 Å². The molecule has 0 heterocycles. The zero-order valence-electron chi connectivity index (χ0n) is 11.0. The fourth-order valence-electron chi connectivity index (χ4n) is 1.68. The highest BCUT2D eigenvalue weighted by molar-refractivity contribution is 7.84. The summed E-state index contributed by atoms with van der Waals surface area (Å²) in [6.45, 7) is 3.49. The van der Waals surface area contributed by atoms with Gasteiger partial charge < -0.3 is 11.1 Å². The minimum absolute atomic E-state index is 0.157. The van der Waals surface area contributed by atoms with Gasteiger partial charge in [-0.05, 0) is 19.4 Å². The molecular formula is C13H20N2O2S. The van der Waals surface area contributed by atoms with E-state index in [1.54, 1.807) is 13.2 Å². The lowest BCUT2D eigenvalue weighted by atomic mass is 9.92. The third kappa shape index (κ3) is 3.92. The molecule has 0 fully saturated rings. The van der Waals surface area contributed by atoms with Gasteiger partial charge in [0.15, 0.2) is 0 Å². The highest BCUT2D eigenvalue weighted by Crippen LogP contribution is 2.17. The van der Waals surface area contributed by atoms with Crippen molar-refractivity contribution in [1.82, 2.24) is 5.32 Å². The molecule has 1 amide bonds. The van der Waals surface area contributed by atoms with Crippen molar-refractivity contribution >= 4 is 16.7 Å². The molecular weight excluding hydrogens is 248 g/mol. The number of benzene rings is 1. The number of hydrogen-bond donors (Lipinski definition) is 2. The fraction of sp³-hybridized carbons (Fsp3) is 0.462. The van der Waals surface area contributed by atoms with Gasteiger partial charge in [-0.15, -0.1) is 0 Å². The van der Waals surface area contributed by atoms with E-state index in [4.69, 9.17) is 5.73 Å². The molecule has 1 aromatic rings. The Morgan fingerprint density at radius 3 is 2.50 bits per heavy atom. The number of amides is 1. The van der Waals surface area contributed by atoms with Crippen LogP contribution in [-0.4, -0.2) is 28.2 Å². The molecule has 3 unspecified atom stereocenters. The molecule has 18 heavy (non-hydrogen) atoms. The summed E-state index contributed by atoms with van der Waals surface area (Å²) >= 11 is 0. The number of carbonyl (C=O) groups is 1. The molecule has 0 aliphatic carbocycles. The molecule has 1 rings (SSSR count). The average Bonchev–Trinajstić information content (AvgIpc) is 2.28. The van der Waals surface area contributed by atoms with E-state index in [9.17, 15) is 9.00 Å². The van der Waals surface area contributed by atoms with Crippen molar-refractivity contribution in [3.05, 3.63) is 35.9 Å². The van der Waals surface area contributed by atoms with Crippen LogP contribution in [0.2, 0.25) is 0 Å². The predicted octanol–water partition coefficient (Wildman–Crippen LogP) is 0.744. The van der Waals surface area contributed by atoms with Crippen LogP contribution in [-0.2, 0) is 21.1 Å². The van der Waals surface area contributed by atoms with E-state index < -0.39 is 16.3 Å². The number of hydrogen-bond acceptors (Lipinski definition) is 3. The average molecular weight is 268 g/mol. The molecule has 3 atom stereocenters. The van der Waals surface area contributed by atoms with E-state index in [-0.39, 0.29) is 11.9 Å². The predicted molar refractivity (Wildman–Crippen MR) is 74.5 cm³/mol. The van der Waals surface area contributed by atoms with E-state index in [0.717, 1.165) is 5.56 Å².